The molecule has 3 heteroatoms. The van der Waals surface area contributed by atoms with E-state index in [1.165, 1.54) is 10.6 Å². The van der Waals surface area contributed by atoms with Crippen LogP contribution >= 0.6 is 11.3 Å². The fourth-order valence-corrected chi connectivity index (χ4v) is 2.31. The Kier molecular flexibility index (Phi) is 1.98. The second-order valence-electron chi connectivity index (χ2n) is 3.10. The fourth-order valence-electron chi connectivity index (χ4n) is 1.31. The minimum absolute atomic E-state index is 0.986. The van der Waals surface area contributed by atoms with Crippen molar-refractivity contribution in [3.05, 3.63) is 22.2 Å². The number of thiazole rings is 1. The summed E-state index contributed by atoms with van der Waals surface area (Å²) >= 11 is 1.77. The van der Waals surface area contributed by atoms with E-state index in [4.69, 9.17) is 0 Å². The number of aromatic nitrogens is 1. The summed E-state index contributed by atoms with van der Waals surface area (Å²) in [4.78, 5) is 5.92. The second kappa shape index (κ2) is 2.99. The molecule has 0 radical (unpaired) electrons. The van der Waals surface area contributed by atoms with Crippen molar-refractivity contribution in [1.82, 2.24) is 10.3 Å². The van der Waals surface area contributed by atoms with Crippen LogP contribution in [0.25, 0.3) is 5.57 Å². The van der Waals surface area contributed by atoms with Gasteiger partial charge in [0.25, 0.3) is 0 Å². The van der Waals surface area contributed by atoms with Gasteiger partial charge >= 0.3 is 0 Å². The molecule has 2 rings (SSSR count). The first kappa shape index (κ1) is 7.95. The number of fused-ring (bicyclic) bond motifs is 1. The Hall–Kier alpha value is -0.670. The molecule has 1 aliphatic rings. The standard InChI is InChI=1S/C9H12N2S/c1-6(2)9-11-7-3-4-10-5-8(7)12-9/h10H,1,3-5H2,2H3. The van der Waals surface area contributed by atoms with Gasteiger partial charge in [0.05, 0.1) is 5.69 Å². The molecule has 2 nitrogen and oxygen atoms in total. The molecule has 0 aromatic carbocycles. The molecule has 0 amide bonds. The summed E-state index contributed by atoms with van der Waals surface area (Å²) < 4.78 is 0. The molecular weight excluding hydrogens is 168 g/mol. The lowest BCUT2D eigenvalue weighted by Gasteiger charge is -2.09. The van der Waals surface area contributed by atoms with E-state index in [0.29, 0.717) is 0 Å². The highest BCUT2D eigenvalue weighted by molar-refractivity contribution is 7.12. The lowest BCUT2D eigenvalue weighted by atomic mass is 10.2. The summed E-state index contributed by atoms with van der Waals surface area (Å²) in [6.45, 7) is 7.96. The molecule has 0 fully saturated rings. The first-order valence-electron chi connectivity index (χ1n) is 4.12. The van der Waals surface area contributed by atoms with Gasteiger partial charge in [0, 0.05) is 24.4 Å². The monoisotopic (exact) mass is 180 g/mol. The van der Waals surface area contributed by atoms with Crippen LogP contribution < -0.4 is 5.32 Å². The largest absolute Gasteiger partial charge is 0.311 e. The van der Waals surface area contributed by atoms with E-state index in [0.717, 1.165) is 30.1 Å². The number of nitrogens with one attached hydrogen (secondary N) is 1. The van der Waals surface area contributed by atoms with Gasteiger partial charge in [-0.2, -0.15) is 0 Å². The van der Waals surface area contributed by atoms with E-state index in [-0.39, 0.29) is 0 Å². The van der Waals surface area contributed by atoms with Gasteiger partial charge in [-0.15, -0.1) is 11.3 Å². The van der Waals surface area contributed by atoms with Gasteiger partial charge in [-0.25, -0.2) is 4.98 Å². The number of rotatable bonds is 1. The molecule has 0 saturated carbocycles. The zero-order valence-electron chi connectivity index (χ0n) is 7.18. The molecule has 0 saturated heterocycles. The van der Waals surface area contributed by atoms with E-state index < -0.39 is 0 Å². The lowest BCUT2D eigenvalue weighted by molar-refractivity contribution is 0.643. The van der Waals surface area contributed by atoms with Crippen LogP contribution in [0, 0.1) is 0 Å². The zero-order chi connectivity index (χ0) is 8.55. The highest BCUT2D eigenvalue weighted by atomic mass is 32.1. The van der Waals surface area contributed by atoms with Crippen molar-refractivity contribution in [2.75, 3.05) is 6.54 Å². The molecule has 2 heterocycles. The molecule has 1 aromatic rings. The van der Waals surface area contributed by atoms with Crippen molar-refractivity contribution < 1.29 is 0 Å². The summed E-state index contributed by atoms with van der Waals surface area (Å²) in [5.74, 6) is 0. The maximum atomic E-state index is 4.53. The van der Waals surface area contributed by atoms with Crippen molar-refractivity contribution in [2.24, 2.45) is 0 Å². The van der Waals surface area contributed by atoms with Crippen molar-refractivity contribution in [3.63, 3.8) is 0 Å². The summed E-state index contributed by atoms with van der Waals surface area (Å²) in [5, 5.41) is 4.43. The van der Waals surface area contributed by atoms with Crippen LogP contribution in [0.4, 0.5) is 0 Å². The highest BCUT2D eigenvalue weighted by Crippen LogP contribution is 2.25. The molecule has 12 heavy (non-hydrogen) atoms. The Morgan fingerprint density at radius 2 is 2.50 bits per heavy atom. The highest BCUT2D eigenvalue weighted by Gasteiger charge is 2.14. The number of allylic oxidation sites excluding steroid dienone is 1. The zero-order valence-corrected chi connectivity index (χ0v) is 8.00. The van der Waals surface area contributed by atoms with Gasteiger partial charge in [0.1, 0.15) is 5.01 Å². The fraction of sp³-hybridized carbons (Fsp3) is 0.444. The van der Waals surface area contributed by atoms with Gasteiger partial charge in [0.15, 0.2) is 0 Å². The van der Waals surface area contributed by atoms with Crippen LogP contribution in [0.5, 0.6) is 0 Å². The molecule has 0 atom stereocenters. The summed E-state index contributed by atoms with van der Waals surface area (Å²) in [7, 11) is 0. The molecule has 0 aliphatic carbocycles. The Morgan fingerprint density at radius 1 is 1.67 bits per heavy atom. The van der Waals surface area contributed by atoms with Gasteiger partial charge < -0.3 is 5.32 Å². The minimum atomic E-state index is 0.986. The predicted octanol–water partition coefficient (Wildman–Crippen LogP) is 1.82. The molecule has 0 unspecified atom stereocenters. The van der Waals surface area contributed by atoms with Crippen LogP contribution in [0.2, 0.25) is 0 Å². The average Bonchev–Trinajstić information content (AvgIpc) is 2.46. The van der Waals surface area contributed by atoms with Crippen molar-refractivity contribution in [1.29, 1.82) is 0 Å². The maximum absolute atomic E-state index is 4.53. The first-order valence-corrected chi connectivity index (χ1v) is 4.94. The number of hydrogen-bond donors (Lipinski definition) is 1. The van der Waals surface area contributed by atoms with Gasteiger partial charge in [-0.05, 0) is 12.5 Å². The van der Waals surface area contributed by atoms with Gasteiger partial charge in [-0.1, -0.05) is 6.58 Å². The Balaban J connectivity index is 2.38. The van der Waals surface area contributed by atoms with Crippen LogP contribution in [0.1, 0.15) is 22.5 Å². The molecule has 64 valence electrons. The quantitative estimate of drug-likeness (QED) is 0.713. The van der Waals surface area contributed by atoms with E-state index >= 15 is 0 Å². The van der Waals surface area contributed by atoms with Crippen LogP contribution in [-0.2, 0) is 13.0 Å². The van der Waals surface area contributed by atoms with Crippen molar-refractivity contribution in [2.45, 2.75) is 19.9 Å². The number of nitrogens with zero attached hydrogens (tertiary/aromatic N) is 1. The van der Waals surface area contributed by atoms with Crippen LogP contribution in [-0.4, -0.2) is 11.5 Å². The Bertz CT molecular complexity index is 291. The third-order valence-electron chi connectivity index (χ3n) is 1.97. The number of hydrogen-bond acceptors (Lipinski definition) is 3. The Labute approximate surface area is 76.3 Å². The molecular formula is C9H12N2S. The van der Waals surface area contributed by atoms with Gasteiger partial charge in [0.2, 0.25) is 0 Å². The Morgan fingerprint density at radius 3 is 3.17 bits per heavy atom. The molecule has 1 aliphatic heterocycles. The van der Waals surface area contributed by atoms with E-state index in [1.54, 1.807) is 11.3 Å². The lowest BCUT2D eigenvalue weighted by Crippen LogP contribution is -2.22. The van der Waals surface area contributed by atoms with Crippen LogP contribution in [0.15, 0.2) is 6.58 Å². The summed E-state index contributed by atoms with van der Waals surface area (Å²) in [6, 6.07) is 0. The second-order valence-corrected chi connectivity index (χ2v) is 4.18. The molecule has 0 bridgehead atoms. The average molecular weight is 180 g/mol. The molecule has 1 N–H and O–H groups in total. The van der Waals surface area contributed by atoms with Gasteiger partial charge in [-0.3, -0.25) is 0 Å². The summed E-state index contributed by atoms with van der Waals surface area (Å²) in [6.07, 6.45) is 1.07. The topological polar surface area (TPSA) is 24.9 Å². The first-order chi connectivity index (χ1) is 5.77. The third-order valence-corrected chi connectivity index (χ3v) is 3.23. The predicted molar refractivity (Wildman–Crippen MR) is 52.2 cm³/mol. The van der Waals surface area contributed by atoms with E-state index in [9.17, 15) is 0 Å². The van der Waals surface area contributed by atoms with Crippen molar-refractivity contribution in [3.8, 4) is 0 Å². The van der Waals surface area contributed by atoms with Crippen LogP contribution in [0.3, 0.4) is 0 Å². The smallest absolute Gasteiger partial charge is 0.118 e. The van der Waals surface area contributed by atoms with E-state index in [1.807, 2.05) is 6.92 Å². The summed E-state index contributed by atoms with van der Waals surface area (Å²) in [5.41, 5.74) is 2.35. The maximum Gasteiger partial charge on any atom is 0.118 e. The normalized spacial score (nSPS) is 15.8. The third kappa shape index (κ3) is 1.30. The minimum Gasteiger partial charge on any atom is -0.311 e. The van der Waals surface area contributed by atoms with Crippen molar-refractivity contribution >= 4 is 16.9 Å². The molecule has 1 aromatic heterocycles. The van der Waals surface area contributed by atoms with E-state index in [2.05, 4.69) is 16.9 Å². The SMILES string of the molecule is C=C(C)c1nc2c(s1)CNCC2. The molecule has 0 spiro atoms.